The SMILES string of the molecule is CCC(C)(C)C(Cc1c(F)ccc(Br)c1F)NN. The molecule has 3 N–H and O–H groups in total. The lowest BCUT2D eigenvalue weighted by Gasteiger charge is -2.33. The van der Waals surface area contributed by atoms with E-state index in [4.69, 9.17) is 5.84 Å². The minimum Gasteiger partial charge on any atom is -0.271 e. The Kier molecular flexibility index (Phi) is 5.25. The molecule has 102 valence electrons. The van der Waals surface area contributed by atoms with Crippen molar-refractivity contribution in [2.75, 3.05) is 0 Å². The molecule has 1 unspecified atom stereocenters. The number of nitrogens with two attached hydrogens (primary N) is 1. The first-order chi connectivity index (χ1) is 8.33. The first-order valence-corrected chi connectivity index (χ1v) is 6.71. The van der Waals surface area contributed by atoms with E-state index in [0.29, 0.717) is 0 Å². The minimum absolute atomic E-state index is 0.0638. The maximum absolute atomic E-state index is 13.9. The molecule has 0 heterocycles. The van der Waals surface area contributed by atoms with Crippen molar-refractivity contribution in [2.24, 2.45) is 11.3 Å². The molecule has 0 spiro atoms. The third kappa shape index (κ3) is 3.28. The summed E-state index contributed by atoms with van der Waals surface area (Å²) in [7, 11) is 0. The largest absolute Gasteiger partial charge is 0.271 e. The Morgan fingerprint density at radius 1 is 1.39 bits per heavy atom. The van der Waals surface area contributed by atoms with Crippen LogP contribution in [0.3, 0.4) is 0 Å². The van der Waals surface area contributed by atoms with E-state index in [1.807, 2.05) is 20.8 Å². The maximum atomic E-state index is 13.9. The van der Waals surface area contributed by atoms with Gasteiger partial charge in [-0.2, -0.15) is 0 Å². The van der Waals surface area contributed by atoms with E-state index in [1.54, 1.807) is 0 Å². The Morgan fingerprint density at radius 2 is 2.00 bits per heavy atom. The molecule has 0 aliphatic carbocycles. The van der Waals surface area contributed by atoms with Crippen LogP contribution in [0.5, 0.6) is 0 Å². The smallest absolute Gasteiger partial charge is 0.143 e. The number of benzene rings is 1. The summed E-state index contributed by atoms with van der Waals surface area (Å²) in [6.45, 7) is 6.06. The first-order valence-electron chi connectivity index (χ1n) is 5.92. The molecule has 2 nitrogen and oxygen atoms in total. The molecule has 1 atom stereocenters. The maximum Gasteiger partial charge on any atom is 0.143 e. The molecule has 0 radical (unpaired) electrons. The van der Waals surface area contributed by atoms with E-state index in [9.17, 15) is 8.78 Å². The van der Waals surface area contributed by atoms with Crippen molar-refractivity contribution in [1.29, 1.82) is 0 Å². The van der Waals surface area contributed by atoms with Gasteiger partial charge in [-0.05, 0) is 46.3 Å². The molecule has 0 fully saturated rings. The molecule has 1 rings (SSSR count). The van der Waals surface area contributed by atoms with Gasteiger partial charge < -0.3 is 0 Å². The van der Waals surface area contributed by atoms with Crippen LogP contribution < -0.4 is 11.3 Å². The highest BCUT2D eigenvalue weighted by Crippen LogP contribution is 2.30. The highest BCUT2D eigenvalue weighted by molar-refractivity contribution is 9.10. The molecule has 0 aliphatic rings. The molecule has 0 aromatic heterocycles. The number of halogens is 3. The third-order valence-corrected chi connectivity index (χ3v) is 4.22. The van der Waals surface area contributed by atoms with Crippen molar-refractivity contribution in [3.63, 3.8) is 0 Å². The van der Waals surface area contributed by atoms with E-state index in [1.165, 1.54) is 12.1 Å². The van der Waals surface area contributed by atoms with Crippen molar-refractivity contribution in [2.45, 2.75) is 39.7 Å². The van der Waals surface area contributed by atoms with Crippen LogP contribution in [0.4, 0.5) is 8.78 Å². The van der Waals surface area contributed by atoms with Gasteiger partial charge in [0.15, 0.2) is 0 Å². The van der Waals surface area contributed by atoms with Gasteiger partial charge in [0, 0.05) is 11.6 Å². The van der Waals surface area contributed by atoms with E-state index in [0.717, 1.165) is 6.42 Å². The average molecular weight is 321 g/mol. The van der Waals surface area contributed by atoms with Crippen LogP contribution in [0.1, 0.15) is 32.8 Å². The number of rotatable bonds is 5. The zero-order chi connectivity index (χ0) is 13.9. The zero-order valence-corrected chi connectivity index (χ0v) is 12.4. The molecule has 0 amide bonds. The monoisotopic (exact) mass is 320 g/mol. The van der Waals surface area contributed by atoms with Gasteiger partial charge in [0.1, 0.15) is 11.6 Å². The van der Waals surface area contributed by atoms with E-state index in [2.05, 4.69) is 21.4 Å². The standard InChI is InChI=1S/C13H19BrF2N2/c1-4-13(2,3)11(18-17)7-8-10(15)6-5-9(14)12(8)16/h5-6,11,18H,4,7,17H2,1-3H3. The molecule has 18 heavy (non-hydrogen) atoms. The van der Waals surface area contributed by atoms with E-state index < -0.39 is 11.6 Å². The lowest BCUT2D eigenvalue weighted by Crippen LogP contribution is -2.47. The van der Waals surface area contributed by atoms with Gasteiger partial charge in [-0.25, -0.2) is 8.78 Å². The quantitative estimate of drug-likeness (QED) is 0.495. The van der Waals surface area contributed by atoms with Gasteiger partial charge in [-0.1, -0.05) is 20.8 Å². The molecule has 1 aromatic rings. The second kappa shape index (κ2) is 6.08. The lowest BCUT2D eigenvalue weighted by atomic mass is 9.79. The highest BCUT2D eigenvalue weighted by Gasteiger charge is 2.29. The fourth-order valence-corrected chi connectivity index (χ4v) is 2.14. The Labute approximate surface area is 115 Å². The summed E-state index contributed by atoms with van der Waals surface area (Å²) in [5, 5.41) is 0. The summed E-state index contributed by atoms with van der Waals surface area (Å²) >= 11 is 3.07. The van der Waals surface area contributed by atoms with E-state index >= 15 is 0 Å². The van der Waals surface area contributed by atoms with Crippen LogP contribution in [0.25, 0.3) is 0 Å². The van der Waals surface area contributed by atoms with Crippen LogP contribution >= 0.6 is 15.9 Å². The van der Waals surface area contributed by atoms with Crippen molar-refractivity contribution >= 4 is 15.9 Å². The van der Waals surface area contributed by atoms with Gasteiger partial charge in [0.25, 0.3) is 0 Å². The summed E-state index contributed by atoms with van der Waals surface area (Å²) in [5.41, 5.74) is 2.59. The average Bonchev–Trinajstić information content (AvgIpc) is 2.34. The number of nitrogens with one attached hydrogen (secondary N) is 1. The van der Waals surface area contributed by atoms with Crippen molar-refractivity contribution < 1.29 is 8.78 Å². The normalized spacial score (nSPS) is 13.7. The molecular formula is C13H19BrF2N2. The Hall–Kier alpha value is -0.520. The van der Waals surface area contributed by atoms with Crippen LogP contribution in [-0.4, -0.2) is 6.04 Å². The molecule has 1 aromatic carbocycles. The molecular weight excluding hydrogens is 302 g/mol. The Bertz CT molecular complexity index is 422. The molecule has 0 aliphatic heterocycles. The van der Waals surface area contributed by atoms with Crippen molar-refractivity contribution in [1.82, 2.24) is 5.43 Å². The summed E-state index contributed by atoms with van der Waals surface area (Å²) < 4.78 is 27.9. The number of hydrogen-bond donors (Lipinski definition) is 2. The second-order valence-electron chi connectivity index (χ2n) is 5.09. The van der Waals surface area contributed by atoms with Crippen LogP contribution in [0.15, 0.2) is 16.6 Å². The Morgan fingerprint density at radius 3 is 2.50 bits per heavy atom. The second-order valence-corrected chi connectivity index (χ2v) is 5.94. The van der Waals surface area contributed by atoms with Gasteiger partial charge in [0.2, 0.25) is 0 Å². The fraction of sp³-hybridized carbons (Fsp3) is 0.538. The summed E-state index contributed by atoms with van der Waals surface area (Å²) in [6.07, 6.45) is 1.08. The van der Waals surface area contributed by atoms with Gasteiger partial charge in [-0.15, -0.1) is 0 Å². The van der Waals surface area contributed by atoms with Gasteiger partial charge >= 0.3 is 0 Å². The molecule has 5 heteroatoms. The number of hydrazine groups is 1. The topological polar surface area (TPSA) is 38.0 Å². The Balaban J connectivity index is 3.06. The minimum atomic E-state index is -0.554. The highest BCUT2D eigenvalue weighted by atomic mass is 79.9. The van der Waals surface area contributed by atoms with Gasteiger partial charge in [-0.3, -0.25) is 11.3 Å². The predicted molar refractivity (Wildman–Crippen MR) is 72.9 cm³/mol. The molecule has 0 bridgehead atoms. The molecule has 0 saturated heterocycles. The van der Waals surface area contributed by atoms with Crippen molar-refractivity contribution in [3.05, 3.63) is 33.8 Å². The van der Waals surface area contributed by atoms with Gasteiger partial charge in [0.05, 0.1) is 4.47 Å². The van der Waals surface area contributed by atoms with Crippen LogP contribution in [0.2, 0.25) is 0 Å². The van der Waals surface area contributed by atoms with E-state index in [-0.39, 0.29) is 27.9 Å². The van der Waals surface area contributed by atoms with Crippen LogP contribution in [-0.2, 0) is 6.42 Å². The fourth-order valence-electron chi connectivity index (χ4n) is 1.77. The zero-order valence-electron chi connectivity index (χ0n) is 10.9. The molecule has 0 saturated carbocycles. The summed E-state index contributed by atoms with van der Waals surface area (Å²) in [4.78, 5) is 0. The predicted octanol–water partition coefficient (Wildman–Crippen LogP) is 3.54. The third-order valence-electron chi connectivity index (χ3n) is 3.60. The summed E-state index contributed by atoms with van der Waals surface area (Å²) in [5.74, 6) is 4.42. The number of hydrogen-bond acceptors (Lipinski definition) is 2. The van der Waals surface area contributed by atoms with Crippen molar-refractivity contribution in [3.8, 4) is 0 Å². The summed E-state index contributed by atoms with van der Waals surface area (Å²) in [6, 6.07) is 2.43. The lowest BCUT2D eigenvalue weighted by molar-refractivity contribution is 0.228. The van der Waals surface area contributed by atoms with Crippen LogP contribution in [0, 0.1) is 17.0 Å². The first kappa shape index (κ1) is 15.5.